The normalized spacial score (nSPS) is 36.0. The zero-order valence-electron chi connectivity index (χ0n) is 14.6. The highest BCUT2D eigenvalue weighted by atomic mass is 19.4. The van der Waals surface area contributed by atoms with Crippen LogP contribution in [-0.4, -0.2) is 46.6 Å². The maximum Gasteiger partial charge on any atom is 0.384 e. The number of ether oxygens (including phenoxy) is 2. The average Bonchev–Trinajstić information content (AvgIpc) is 2.31. The SMILES string of the molecule is CC(C)(C)OC1(F)C(F)(F)C(F)(F)C(F)(F)C(F)(F)C1(F)OC(C)(C)C. The van der Waals surface area contributed by atoms with Crippen molar-refractivity contribution in [2.24, 2.45) is 0 Å². The van der Waals surface area contributed by atoms with E-state index >= 15 is 0 Å². The summed E-state index contributed by atoms with van der Waals surface area (Å²) in [6.07, 6.45) is 0. The molecule has 0 aromatic carbocycles. The molecular weight excluding hydrogens is 390 g/mol. The van der Waals surface area contributed by atoms with Crippen LogP contribution in [-0.2, 0) is 9.47 Å². The van der Waals surface area contributed by atoms with Crippen molar-refractivity contribution in [3.05, 3.63) is 0 Å². The van der Waals surface area contributed by atoms with Crippen molar-refractivity contribution in [2.75, 3.05) is 0 Å². The molecule has 2 unspecified atom stereocenters. The third kappa shape index (κ3) is 2.70. The van der Waals surface area contributed by atoms with Crippen molar-refractivity contribution in [1.29, 1.82) is 0 Å². The van der Waals surface area contributed by atoms with Crippen molar-refractivity contribution < 1.29 is 53.4 Å². The second-order valence-electron chi connectivity index (χ2n) is 7.92. The van der Waals surface area contributed by atoms with Crippen LogP contribution in [0.15, 0.2) is 0 Å². The van der Waals surface area contributed by atoms with E-state index in [2.05, 4.69) is 9.47 Å². The summed E-state index contributed by atoms with van der Waals surface area (Å²) in [5, 5.41) is 0. The quantitative estimate of drug-likeness (QED) is 0.562. The van der Waals surface area contributed by atoms with Gasteiger partial charge in [-0.1, -0.05) is 0 Å². The second kappa shape index (κ2) is 5.39. The van der Waals surface area contributed by atoms with Gasteiger partial charge in [0.05, 0.1) is 11.2 Å². The van der Waals surface area contributed by atoms with E-state index in [9.17, 15) is 43.9 Å². The van der Waals surface area contributed by atoms with Crippen molar-refractivity contribution in [3.63, 3.8) is 0 Å². The molecule has 1 aliphatic rings. The van der Waals surface area contributed by atoms with Crippen LogP contribution in [0.3, 0.4) is 0 Å². The molecule has 0 aromatic rings. The molecule has 0 radical (unpaired) electrons. The van der Waals surface area contributed by atoms with E-state index < -0.39 is 46.6 Å². The summed E-state index contributed by atoms with van der Waals surface area (Å²) >= 11 is 0. The first-order valence-corrected chi connectivity index (χ1v) is 7.21. The Hall–Kier alpha value is -0.780. The Labute approximate surface area is 142 Å². The second-order valence-corrected chi connectivity index (χ2v) is 7.92. The lowest BCUT2D eigenvalue weighted by molar-refractivity contribution is -0.555. The summed E-state index contributed by atoms with van der Waals surface area (Å²) in [5.74, 6) is -39.4. The number of rotatable bonds is 2. The number of hydrogen-bond donors (Lipinski definition) is 0. The van der Waals surface area contributed by atoms with Crippen LogP contribution >= 0.6 is 0 Å². The fraction of sp³-hybridized carbons (Fsp3) is 1.00. The highest BCUT2D eigenvalue weighted by Gasteiger charge is 3.02. The van der Waals surface area contributed by atoms with Crippen molar-refractivity contribution >= 4 is 0 Å². The van der Waals surface area contributed by atoms with Gasteiger partial charge in [-0.15, -0.1) is 0 Å². The van der Waals surface area contributed by atoms with Crippen LogP contribution in [0.1, 0.15) is 41.5 Å². The lowest BCUT2D eigenvalue weighted by Crippen LogP contribution is -2.87. The van der Waals surface area contributed by atoms with Crippen LogP contribution in [0.25, 0.3) is 0 Å². The van der Waals surface area contributed by atoms with Gasteiger partial charge in [0.2, 0.25) is 0 Å². The van der Waals surface area contributed by atoms with Gasteiger partial charge in [-0.3, -0.25) is 0 Å². The summed E-state index contributed by atoms with van der Waals surface area (Å²) in [5.41, 5.74) is -4.54. The van der Waals surface area contributed by atoms with Gasteiger partial charge in [0.25, 0.3) is 0 Å². The molecule has 1 fully saturated rings. The topological polar surface area (TPSA) is 18.5 Å². The molecule has 1 aliphatic carbocycles. The van der Waals surface area contributed by atoms with Crippen LogP contribution in [0.4, 0.5) is 43.9 Å². The minimum absolute atomic E-state index is 0.741. The van der Waals surface area contributed by atoms with Crippen LogP contribution < -0.4 is 0 Å². The maximum absolute atomic E-state index is 15.0. The van der Waals surface area contributed by atoms with E-state index in [1.165, 1.54) is 0 Å². The summed E-state index contributed by atoms with van der Waals surface area (Å²) in [6, 6.07) is 0. The minimum Gasteiger partial charge on any atom is -0.331 e. The molecule has 156 valence electrons. The van der Waals surface area contributed by atoms with Crippen molar-refractivity contribution in [3.8, 4) is 0 Å². The molecule has 0 saturated heterocycles. The fourth-order valence-corrected chi connectivity index (χ4v) is 2.31. The molecule has 2 nitrogen and oxygen atoms in total. The van der Waals surface area contributed by atoms with E-state index in [1.54, 1.807) is 0 Å². The first kappa shape index (κ1) is 23.3. The van der Waals surface area contributed by atoms with Gasteiger partial charge in [-0.2, -0.15) is 43.9 Å². The van der Waals surface area contributed by atoms with Crippen LogP contribution in [0.5, 0.6) is 0 Å². The predicted molar refractivity (Wildman–Crippen MR) is 69.1 cm³/mol. The molecule has 0 amide bonds. The molecule has 1 saturated carbocycles. The molecule has 2 atom stereocenters. The van der Waals surface area contributed by atoms with Crippen LogP contribution in [0, 0.1) is 0 Å². The van der Waals surface area contributed by atoms with Gasteiger partial charge in [-0.25, -0.2) is 0 Å². The summed E-state index contributed by atoms with van der Waals surface area (Å²) in [4.78, 5) is 0. The first-order chi connectivity index (χ1) is 10.9. The molecule has 0 aliphatic heterocycles. The monoisotopic (exact) mass is 408 g/mol. The standard InChI is InChI=1S/C14H18F10O2/c1-7(2,3)25-13(23)11(19,20)9(15,16)10(17,18)12(21,22)14(13,24)26-8(4,5)6/h1-6H3. The van der Waals surface area contributed by atoms with E-state index in [0.29, 0.717) is 0 Å². The van der Waals surface area contributed by atoms with Crippen molar-refractivity contribution in [2.45, 2.75) is 88.1 Å². The Balaban J connectivity index is 3.96. The number of alkyl halides is 10. The highest BCUT2D eigenvalue weighted by Crippen LogP contribution is 2.70. The minimum atomic E-state index is -7.00. The van der Waals surface area contributed by atoms with Gasteiger partial charge in [0, 0.05) is 0 Å². The molecule has 0 spiro atoms. The van der Waals surface area contributed by atoms with E-state index in [1.807, 2.05) is 0 Å². The molecule has 12 heteroatoms. The molecule has 0 bridgehead atoms. The van der Waals surface area contributed by atoms with Gasteiger partial charge in [0.15, 0.2) is 0 Å². The third-order valence-corrected chi connectivity index (χ3v) is 3.30. The summed E-state index contributed by atoms with van der Waals surface area (Å²) < 4.78 is 148. The van der Waals surface area contributed by atoms with Gasteiger partial charge in [-0.05, 0) is 41.5 Å². The van der Waals surface area contributed by atoms with Gasteiger partial charge < -0.3 is 9.47 Å². The van der Waals surface area contributed by atoms with E-state index in [0.717, 1.165) is 41.5 Å². The zero-order chi connectivity index (χ0) is 21.4. The largest absolute Gasteiger partial charge is 0.384 e. The Bertz CT molecular complexity index is 513. The summed E-state index contributed by atoms with van der Waals surface area (Å²) in [6.45, 7) is 4.45. The maximum atomic E-state index is 15.0. The van der Waals surface area contributed by atoms with Gasteiger partial charge in [0.1, 0.15) is 0 Å². The average molecular weight is 408 g/mol. The Morgan fingerprint density at radius 1 is 0.423 bits per heavy atom. The zero-order valence-corrected chi connectivity index (χ0v) is 14.6. The number of halogens is 10. The van der Waals surface area contributed by atoms with E-state index in [-0.39, 0.29) is 0 Å². The molecule has 26 heavy (non-hydrogen) atoms. The summed E-state index contributed by atoms with van der Waals surface area (Å²) in [7, 11) is 0. The number of hydrogen-bond acceptors (Lipinski definition) is 2. The molecule has 1 rings (SSSR count). The Kier molecular flexibility index (Phi) is 4.82. The van der Waals surface area contributed by atoms with E-state index in [4.69, 9.17) is 0 Å². The first-order valence-electron chi connectivity index (χ1n) is 7.21. The smallest absolute Gasteiger partial charge is 0.331 e. The lowest BCUT2D eigenvalue weighted by Gasteiger charge is -2.56. The fourth-order valence-electron chi connectivity index (χ4n) is 2.31. The molecule has 0 aromatic heterocycles. The molecule has 0 N–H and O–H groups in total. The molecular formula is C14H18F10O2. The third-order valence-electron chi connectivity index (χ3n) is 3.30. The molecule has 0 heterocycles. The lowest BCUT2D eigenvalue weighted by atomic mass is 9.77. The Morgan fingerprint density at radius 3 is 0.769 bits per heavy atom. The van der Waals surface area contributed by atoms with Crippen molar-refractivity contribution in [1.82, 2.24) is 0 Å². The Morgan fingerprint density at radius 2 is 0.615 bits per heavy atom. The van der Waals surface area contributed by atoms with Crippen LogP contribution in [0.2, 0.25) is 0 Å². The van der Waals surface area contributed by atoms with Gasteiger partial charge >= 0.3 is 35.4 Å². The predicted octanol–water partition coefficient (Wildman–Crippen LogP) is 5.50. The highest BCUT2D eigenvalue weighted by molar-refractivity contribution is 5.24.